The number of nitrogens with two attached hydrogens (primary N) is 1. The van der Waals surface area contributed by atoms with Gasteiger partial charge in [-0.25, -0.2) is 4.79 Å². The van der Waals surface area contributed by atoms with E-state index in [0.717, 1.165) is 16.5 Å². The molecule has 10 nitrogen and oxygen atoms in total. The molecule has 3 rings (SSSR count). The van der Waals surface area contributed by atoms with E-state index in [0.29, 0.717) is 10.8 Å². The van der Waals surface area contributed by atoms with E-state index < -0.39 is 42.0 Å². The van der Waals surface area contributed by atoms with Crippen LogP contribution in [0.5, 0.6) is 5.75 Å². The Balaban J connectivity index is 1.62. The number of aliphatic hydroxyl groups excluding tert-OH is 1. The Morgan fingerprint density at radius 1 is 1.05 bits per heavy atom. The molecule has 3 aromatic rings. The molecule has 4 atom stereocenters. The standard InChI is InChI=1S/C29H37ClN4O6/c1-17(2)13-24(33-28(37)26(35)22(31)11-12-40-20-8-6-7-19(30)15-20)27(36)34-25(29(38)39-3)14-18-16-32-23-10-5-4-9-21(18)23/h4-10,15-17,22,24-26,32,35H,11-14,31H2,1-3H3,(H,33,37)(H,34,36)/t22-,24+,25+,26+/m1/s1. The summed E-state index contributed by atoms with van der Waals surface area (Å²) in [5.41, 5.74) is 7.78. The average molecular weight is 573 g/mol. The molecule has 0 unspecified atom stereocenters. The Bertz CT molecular complexity index is 1300. The number of amides is 2. The number of benzene rings is 2. The van der Waals surface area contributed by atoms with E-state index >= 15 is 0 Å². The molecular weight excluding hydrogens is 536 g/mol. The van der Waals surface area contributed by atoms with Gasteiger partial charge in [-0.2, -0.15) is 0 Å². The lowest BCUT2D eigenvalue weighted by Gasteiger charge is -2.25. The molecule has 0 radical (unpaired) electrons. The fraction of sp³-hybridized carbons (Fsp3) is 0.414. The molecule has 0 aliphatic carbocycles. The van der Waals surface area contributed by atoms with Crippen molar-refractivity contribution in [1.82, 2.24) is 15.6 Å². The van der Waals surface area contributed by atoms with Crippen molar-refractivity contribution >= 4 is 40.3 Å². The molecular formula is C29H37ClN4O6. The predicted molar refractivity (Wildman–Crippen MR) is 153 cm³/mol. The highest BCUT2D eigenvalue weighted by atomic mass is 35.5. The Labute approximate surface area is 238 Å². The van der Waals surface area contributed by atoms with Crippen molar-refractivity contribution in [3.05, 3.63) is 65.3 Å². The number of para-hydroxylation sites is 1. The zero-order chi connectivity index (χ0) is 29.2. The third kappa shape index (κ3) is 8.70. The SMILES string of the molecule is COC(=O)[C@H](Cc1c[nH]c2ccccc12)NC(=O)[C@H](CC(C)C)NC(=O)[C@@H](O)[C@H](N)CCOc1cccc(Cl)c1. The van der Waals surface area contributed by atoms with E-state index in [9.17, 15) is 19.5 Å². The summed E-state index contributed by atoms with van der Waals surface area (Å²) < 4.78 is 10.5. The predicted octanol–water partition coefficient (Wildman–Crippen LogP) is 2.71. The molecule has 1 aromatic heterocycles. The lowest BCUT2D eigenvalue weighted by atomic mass is 10.00. The maximum Gasteiger partial charge on any atom is 0.328 e. The quantitative estimate of drug-likeness (QED) is 0.186. The lowest BCUT2D eigenvalue weighted by molar-refractivity contribution is -0.145. The van der Waals surface area contributed by atoms with Crippen molar-refractivity contribution in [2.45, 2.75) is 57.3 Å². The number of ether oxygens (including phenoxy) is 2. The molecule has 0 aliphatic rings. The van der Waals surface area contributed by atoms with Crippen molar-refractivity contribution in [2.75, 3.05) is 13.7 Å². The highest BCUT2D eigenvalue weighted by molar-refractivity contribution is 6.30. The Kier molecular flexibility index (Phi) is 11.4. The summed E-state index contributed by atoms with van der Waals surface area (Å²) >= 11 is 5.95. The number of nitrogens with one attached hydrogen (secondary N) is 3. The van der Waals surface area contributed by atoms with Crippen LogP contribution in [0, 0.1) is 5.92 Å². The molecule has 0 aliphatic heterocycles. The third-order valence-corrected chi connectivity index (χ3v) is 6.67. The van der Waals surface area contributed by atoms with E-state index in [4.69, 9.17) is 26.8 Å². The van der Waals surface area contributed by atoms with Gasteiger partial charge in [-0.3, -0.25) is 9.59 Å². The Morgan fingerprint density at radius 2 is 1.77 bits per heavy atom. The van der Waals surface area contributed by atoms with Crippen LogP contribution in [0.25, 0.3) is 10.9 Å². The summed E-state index contributed by atoms with van der Waals surface area (Å²) in [7, 11) is 1.25. The molecule has 40 heavy (non-hydrogen) atoms. The van der Waals surface area contributed by atoms with Gasteiger partial charge < -0.3 is 35.9 Å². The van der Waals surface area contributed by atoms with Gasteiger partial charge in [0.25, 0.3) is 5.91 Å². The number of H-pyrrole nitrogens is 1. The molecule has 2 amide bonds. The van der Waals surface area contributed by atoms with Gasteiger partial charge in [0.15, 0.2) is 0 Å². The van der Waals surface area contributed by atoms with Gasteiger partial charge in [-0.05, 0) is 48.6 Å². The maximum absolute atomic E-state index is 13.3. The van der Waals surface area contributed by atoms with Crippen LogP contribution in [0.2, 0.25) is 5.02 Å². The van der Waals surface area contributed by atoms with Gasteiger partial charge in [0.2, 0.25) is 5.91 Å². The summed E-state index contributed by atoms with van der Waals surface area (Å²) in [5, 5.41) is 17.3. The first kappa shape index (κ1) is 30.9. The molecule has 2 aromatic carbocycles. The summed E-state index contributed by atoms with van der Waals surface area (Å²) in [6, 6.07) is 11.5. The zero-order valence-corrected chi connectivity index (χ0v) is 23.6. The van der Waals surface area contributed by atoms with E-state index in [2.05, 4.69) is 15.6 Å². The van der Waals surface area contributed by atoms with E-state index in [-0.39, 0.29) is 31.8 Å². The fourth-order valence-corrected chi connectivity index (χ4v) is 4.49. The topological polar surface area (TPSA) is 156 Å². The number of carbonyl (C=O) groups is 3. The van der Waals surface area contributed by atoms with Crippen molar-refractivity contribution in [3.8, 4) is 5.75 Å². The second-order valence-electron chi connectivity index (χ2n) is 10.0. The van der Waals surface area contributed by atoms with Gasteiger partial charge in [-0.1, -0.05) is 49.7 Å². The summed E-state index contributed by atoms with van der Waals surface area (Å²) in [5.74, 6) is -1.40. The van der Waals surface area contributed by atoms with Gasteiger partial charge in [0.05, 0.1) is 13.7 Å². The fourth-order valence-electron chi connectivity index (χ4n) is 4.31. The second kappa shape index (κ2) is 14.7. The number of halogens is 1. The molecule has 11 heteroatoms. The van der Waals surface area contributed by atoms with E-state index in [1.807, 2.05) is 38.1 Å². The van der Waals surface area contributed by atoms with Crippen LogP contribution in [0.4, 0.5) is 0 Å². The van der Waals surface area contributed by atoms with Crippen LogP contribution in [-0.2, 0) is 25.5 Å². The smallest absolute Gasteiger partial charge is 0.328 e. The number of methoxy groups -OCH3 is 1. The van der Waals surface area contributed by atoms with Crippen molar-refractivity contribution < 1.29 is 29.0 Å². The number of aromatic nitrogens is 1. The van der Waals surface area contributed by atoms with Gasteiger partial charge in [-0.15, -0.1) is 0 Å². The first-order valence-electron chi connectivity index (χ1n) is 13.1. The third-order valence-electron chi connectivity index (χ3n) is 6.43. The number of hydrogen-bond donors (Lipinski definition) is 5. The van der Waals surface area contributed by atoms with Crippen molar-refractivity contribution in [2.24, 2.45) is 11.7 Å². The molecule has 0 fully saturated rings. The summed E-state index contributed by atoms with van der Waals surface area (Å²) in [6.45, 7) is 3.94. The number of aromatic amines is 1. The van der Waals surface area contributed by atoms with Crippen LogP contribution in [-0.4, -0.2) is 65.8 Å². The normalized spacial score (nSPS) is 14.3. The summed E-state index contributed by atoms with van der Waals surface area (Å²) in [4.78, 5) is 41.9. The summed E-state index contributed by atoms with van der Waals surface area (Å²) in [6.07, 6.45) is 0.849. The minimum absolute atomic E-state index is 0.0261. The number of esters is 1. The minimum atomic E-state index is -1.58. The molecule has 6 N–H and O–H groups in total. The lowest BCUT2D eigenvalue weighted by Crippen LogP contribution is -2.56. The maximum atomic E-state index is 13.3. The molecule has 0 spiro atoms. The molecule has 0 saturated heterocycles. The Hall–Kier alpha value is -3.60. The van der Waals surface area contributed by atoms with Crippen LogP contribution < -0.4 is 21.1 Å². The Morgan fingerprint density at radius 3 is 2.48 bits per heavy atom. The van der Waals surface area contributed by atoms with Crippen LogP contribution >= 0.6 is 11.6 Å². The number of hydrogen-bond acceptors (Lipinski definition) is 7. The average Bonchev–Trinajstić information content (AvgIpc) is 3.33. The van der Waals surface area contributed by atoms with Crippen molar-refractivity contribution in [1.29, 1.82) is 0 Å². The highest BCUT2D eigenvalue weighted by Gasteiger charge is 2.31. The van der Waals surface area contributed by atoms with Gasteiger partial charge in [0.1, 0.15) is 23.9 Å². The van der Waals surface area contributed by atoms with Crippen molar-refractivity contribution in [3.63, 3.8) is 0 Å². The molecule has 216 valence electrons. The molecule has 1 heterocycles. The number of carbonyl (C=O) groups excluding carboxylic acids is 3. The number of fused-ring (bicyclic) bond motifs is 1. The molecule has 0 saturated carbocycles. The zero-order valence-electron chi connectivity index (χ0n) is 22.9. The monoisotopic (exact) mass is 572 g/mol. The first-order valence-corrected chi connectivity index (χ1v) is 13.5. The number of aliphatic hydroxyl groups is 1. The van der Waals surface area contributed by atoms with Crippen LogP contribution in [0.15, 0.2) is 54.7 Å². The van der Waals surface area contributed by atoms with E-state index in [1.165, 1.54) is 7.11 Å². The van der Waals surface area contributed by atoms with Gasteiger partial charge >= 0.3 is 5.97 Å². The second-order valence-corrected chi connectivity index (χ2v) is 10.5. The highest BCUT2D eigenvalue weighted by Crippen LogP contribution is 2.20. The van der Waals surface area contributed by atoms with Crippen LogP contribution in [0.3, 0.4) is 0 Å². The van der Waals surface area contributed by atoms with E-state index in [1.54, 1.807) is 30.5 Å². The minimum Gasteiger partial charge on any atom is -0.493 e. The largest absolute Gasteiger partial charge is 0.493 e. The van der Waals surface area contributed by atoms with Crippen LogP contribution in [0.1, 0.15) is 32.3 Å². The molecule has 0 bridgehead atoms. The van der Waals surface area contributed by atoms with Gasteiger partial charge in [0, 0.05) is 34.6 Å². The first-order chi connectivity index (χ1) is 19.1. The number of rotatable bonds is 14.